The predicted octanol–water partition coefficient (Wildman–Crippen LogP) is -0.00398. The topological polar surface area (TPSA) is 84.6 Å². The molecule has 0 saturated carbocycles. The largest absolute Gasteiger partial charge is 0.386 e. The van der Waals surface area contributed by atoms with Gasteiger partial charge in [-0.15, -0.1) is 10.2 Å². The van der Waals surface area contributed by atoms with Crippen LogP contribution in [-0.2, 0) is 4.74 Å². The fraction of sp³-hybridized carbons (Fsp3) is 0.545. The summed E-state index contributed by atoms with van der Waals surface area (Å²) in [6.07, 6.45) is 4.12. The van der Waals surface area contributed by atoms with E-state index in [0.717, 1.165) is 5.82 Å². The van der Waals surface area contributed by atoms with Crippen LogP contribution < -0.4 is 5.32 Å². The molecule has 1 atom stereocenters. The third-order valence-corrected chi connectivity index (χ3v) is 3.16. The molecule has 3 heterocycles. The number of anilines is 1. The Morgan fingerprint density at radius 3 is 3.22 bits per heavy atom. The van der Waals surface area contributed by atoms with Gasteiger partial charge in [-0.3, -0.25) is 4.40 Å². The van der Waals surface area contributed by atoms with Crippen LogP contribution in [-0.4, -0.2) is 50.0 Å². The van der Waals surface area contributed by atoms with E-state index in [9.17, 15) is 5.11 Å². The van der Waals surface area contributed by atoms with E-state index in [-0.39, 0.29) is 0 Å². The van der Waals surface area contributed by atoms with Crippen molar-refractivity contribution in [3.63, 3.8) is 0 Å². The molecule has 1 aliphatic rings. The van der Waals surface area contributed by atoms with Crippen LogP contribution in [0.5, 0.6) is 0 Å². The number of rotatable bonds is 3. The van der Waals surface area contributed by atoms with E-state index >= 15 is 0 Å². The molecular formula is C11H15N5O2. The summed E-state index contributed by atoms with van der Waals surface area (Å²) in [6.45, 7) is 3.22. The molecule has 1 fully saturated rings. The average Bonchev–Trinajstić information content (AvgIpc) is 2.96. The normalized spacial score (nSPS) is 23.7. The van der Waals surface area contributed by atoms with Crippen LogP contribution in [0.1, 0.15) is 12.2 Å². The standard InChI is InChI=1S/C11H15N5O2/c1-8-14-15-10-9(12-3-4-16(8)10)13-6-11(17)2-5-18-7-11/h3-4,17H,2,5-7H2,1H3,(H,12,13). The highest BCUT2D eigenvalue weighted by Crippen LogP contribution is 2.20. The van der Waals surface area contributed by atoms with Crippen molar-refractivity contribution in [2.45, 2.75) is 18.9 Å². The van der Waals surface area contributed by atoms with Gasteiger partial charge in [0, 0.05) is 32.0 Å². The molecule has 0 bridgehead atoms. The first kappa shape index (κ1) is 11.4. The number of aliphatic hydroxyl groups is 1. The highest BCUT2D eigenvalue weighted by Gasteiger charge is 2.32. The van der Waals surface area contributed by atoms with Gasteiger partial charge in [0.25, 0.3) is 0 Å². The van der Waals surface area contributed by atoms with E-state index < -0.39 is 5.60 Å². The maximum atomic E-state index is 10.2. The number of hydrogen-bond donors (Lipinski definition) is 2. The second kappa shape index (κ2) is 4.18. The van der Waals surface area contributed by atoms with E-state index in [2.05, 4.69) is 20.5 Å². The SMILES string of the molecule is Cc1nnc2c(NCC3(O)CCOC3)nccn12. The Bertz CT molecular complexity index is 562. The number of aromatic nitrogens is 4. The molecule has 2 N–H and O–H groups in total. The van der Waals surface area contributed by atoms with Crippen molar-refractivity contribution in [3.05, 3.63) is 18.2 Å². The predicted molar refractivity (Wildman–Crippen MR) is 64.4 cm³/mol. The summed E-state index contributed by atoms with van der Waals surface area (Å²) in [4.78, 5) is 4.23. The zero-order valence-corrected chi connectivity index (χ0v) is 10.1. The molecule has 7 nitrogen and oxygen atoms in total. The minimum absolute atomic E-state index is 0.356. The lowest BCUT2D eigenvalue weighted by Gasteiger charge is -2.20. The van der Waals surface area contributed by atoms with Gasteiger partial charge < -0.3 is 15.2 Å². The Balaban J connectivity index is 1.82. The van der Waals surface area contributed by atoms with Crippen molar-refractivity contribution in [1.29, 1.82) is 0 Å². The summed E-state index contributed by atoms with van der Waals surface area (Å²) in [7, 11) is 0. The second-order valence-electron chi connectivity index (χ2n) is 4.60. The van der Waals surface area contributed by atoms with Crippen LogP contribution >= 0.6 is 0 Å². The Hall–Kier alpha value is -1.73. The van der Waals surface area contributed by atoms with Crippen molar-refractivity contribution in [1.82, 2.24) is 19.6 Å². The number of fused-ring (bicyclic) bond motifs is 1. The van der Waals surface area contributed by atoms with Gasteiger partial charge in [-0.1, -0.05) is 0 Å². The number of aryl methyl sites for hydroxylation is 1. The van der Waals surface area contributed by atoms with Crippen LogP contribution in [0.3, 0.4) is 0 Å². The molecule has 1 saturated heterocycles. The molecule has 0 radical (unpaired) electrons. The average molecular weight is 249 g/mol. The second-order valence-corrected chi connectivity index (χ2v) is 4.60. The Morgan fingerprint density at radius 2 is 2.44 bits per heavy atom. The van der Waals surface area contributed by atoms with Gasteiger partial charge in [0.05, 0.1) is 6.61 Å². The Labute approximate surface area is 104 Å². The summed E-state index contributed by atoms with van der Waals surface area (Å²) in [6, 6.07) is 0. The minimum Gasteiger partial charge on any atom is -0.386 e. The van der Waals surface area contributed by atoms with Gasteiger partial charge in [-0.25, -0.2) is 4.98 Å². The molecular weight excluding hydrogens is 234 g/mol. The fourth-order valence-electron chi connectivity index (χ4n) is 2.05. The highest BCUT2D eigenvalue weighted by atomic mass is 16.5. The zero-order chi connectivity index (χ0) is 12.6. The quantitative estimate of drug-likeness (QED) is 0.796. The van der Waals surface area contributed by atoms with Crippen LogP contribution in [0.4, 0.5) is 5.82 Å². The number of nitrogens with zero attached hydrogens (tertiary/aromatic N) is 4. The van der Waals surface area contributed by atoms with Gasteiger partial charge >= 0.3 is 0 Å². The third kappa shape index (κ3) is 1.91. The summed E-state index contributed by atoms with van der Waals surface area (Å²) < 4.78 is 7.05. The molecule has 0 aliphatic carbocycles. The first-order valence-electron chi connectivity index (χ1n) is 5.88. The lowest BCUT2D eigenvalue weighted by Crippen LogP contribution is -2.37. The number of nitrogens with one attached hydrogen (secondary N) is 1. The fourth-order valence-corrected chi connectivity index (χ4v) is 2.05. The molecule has 7 heteroatoms. The van der Waals surface area contributed by atoms with Crippen LogP contribution in [0.25, 0.3) is 5.65 Å². The number of hydrogen-bond acceptors (Lipinski definition) is 6. The van der Waals surface area contributed by atoms with Gasteiger partial charge in [0.2, 0.25) is 5.65 Å². The monoisotopic (exact) mass is 249 g/mol. The number of ether oxygens (including phenoxy) is 1. The van der Waals surface area contributed by atoms with Crippen molar-refractivity contribution in [2.75, 3.05) is 25.1 Å². The van der Waals surface area contributed by atoms with Crippen LogP contribution in [0.2, 0.25) is 0 Å². The van der Waals surface area contributed by atoms with Crippen molar-refractivity contribution in [2.24, 2.45) is 0 Å². The Morgan fingerprint density at radius 1 is 1.56 bits per heavy atom. The lowest BCUT2D eigenvalue weighted by molar-refractivity contribution is 0.0381. The summed E-state index contributed by atoms with van der Waals surface area (Å²) >= 11 is 0. The van der Waals surface area contributed by atoms with Crippen molar-refractivity contribution in [3.8, 4) is 0 Å². The zero-order valence-electron chi connectivity index (χ0n) is 10.1. The van der Waals surface area contributed by atoms with E-state index in [4.69, 9.17) is 4.74 Å². The molecule has 96 valence electrons. The molecule has 2 aromatic heterocycles. The smallest absolute Gasteiger partial charge is 0.203 e. The van der Waals surface area contributed by atoms with Gasteiger partial charge in [0.15, 0.2) is 5.82 Å². The van der Waals surface area contributed by atoms with E-state index in [1.165, 1.54) is 0 Å². The highest BCUT2D eigenvalue weighted by molar-refractivity contribution is 5.62. The first-order chi connectivity index (χ1) is 8.68. The molecule has 0 amide bonds. The van der Waals surface area contributed by atoms with Crippen LogP contribution in [0, 0.1) is 6.92 Å². The summed E-state index contributed by atoms with van der Waals surface area (Å²) in [5, 5.41) is 21.4. The lowest BCUT2D eigenvalue weighted by atomic mass is 10.0. The van der Waals surface area contributed by atoms with E-state index in [1.54, 1.807) is 6.20 Å². The molecule has 1 aliphatic heterocycles. The maximum absolute atomic E-state index is 10.2. The maximum Gasteiger partial charge on any atom is 0.203 e. The Kier molecular flexibility index (Phi) is 2.64. The minimum atomic E-state index is -0.816. The van der Waals surface area contributed by atoms with Crippen molar-refractivity contribution < 1.29 is 9.84 Å². The van der Waals surface area contributed by atoms with E-state index in [1.807, 2.05) is 17.5 Å². The molecule has 0 aromatic carbocycles. The van der Waals surface area contributed by atoms with Crippen molar-refractivity contribution >= 4 is 11.5 Å². The molecule has 3 rings (SSSR count). The summed E-state index contributed by atoms with van der Waals surface area (Å²) in [5.74, 6) is 1.43. The van der Waals surface area contributed by atoms with Gasteiger partial charge in [0.1, 0.15) is 11.4 Å². The molecule has 1 unspecified atom stereocenters. The van der Waals surface area contributed by atoms with Crippen LogP contribution in [0.15, 0.2) is 12.4 Å². The third-order valence-electron chi connectivity index (χ3n) is 3.16. The first-order valence-corrected chi connectivity index (χ1v) is 5.88. The van der Waals surface area contributed by atoms with E-state index in [0.29, 0.717) is 37.6 Å². The van der Waals surface area contributed by atoms with Gasteiger partial charge in [-0.2, -0.15) is 0 Å². The summed E-state index contributed by atoms with van der Waals surface area (Å²) in [5.41, 5.74) is -0.152. The molecule has 2 aromatic rings. The molecule has 18 heavy (non-hydrogen) atoms. The van der Waals surface area contributed by atoms with Gasteiger partial charge in [-0.05, 0) is 6.92 Å². The molecule has 0 spiro atoms.